The Morgan fingerprint density at radius 1 is 1.30 bits per heavy atom. The fourth-order valence-electron chi connectivity index (χ4n) is 2.63. The highest BCUT2D eigenvalue weighted by Crippen LogP contribution is 2.30. The molecule has 0 aliphatic heterocycles. The molecule has 3 rings (SSSR count). The molecule has 0 bridgehead atoms. The van der Waals surface area contributed by atoms with Crippen LogP contribution in [-0.2, 0) is 31.5 Å². The highest BCUT2D eigenvalue weighted by atomic mass is 32.1. The topological polar surface area (TPSA) is 29.9 Å². The van der Waals surface area contributed by atoms with E-state index in [0.717, 1.165) is 13.1 Å². The minimum absolute atomic E-state index is 0.0623. The summed E-state index contributed by atoms with van der Waals surface area (Å²) in [5.41, 5.74) is 2.91. The van der Waals surface area contributed by atoms with Crippen LogP contribution in [0, 0.1) is 0 Å². The van der Waals surface area contributed by atoms with Crippen LogP contribution in [0.15, 0.2) is 18.5 Å². The van der Waals surface area contributed by atoms with E-state index in [4.69, 9.17) is 0 Å². The summed E-state index contributed by atoms with van der Waals surface area (Å²) in [5.74, 6) is 0. The first-order valence-corrected chi connectivity index (χ1v) is 8.19. The Kier molecular flexibility index (Phi) is 3.69. The number of nitrogens with one attached hydrogen (secondary N) is 1. The van der Waals surface area contributed by atoms with Gasteiger partial charge < -0.3 is 5.32 Å². The molecule has 0 atom stereocenters. The van der Waals surface area contributed by atoms with Gasteiger partial charge in [-0.15, -0.1) is 11.3 Å². The van der Waals surface area contributed by atoms with Crippen molar-refractivity contribution in [1.82, 2.24) is 15.1 Å². The number of aromatic nitrogens is 2. The molecule has 1 aliphatic rings. The van der Waals surface area contributed by atoms with E-state index >= 15 is 0 Å². The zero-order valence-corrected chi connectivity index (χ0v) is 13.4. The quantitative estimate of drug-likeness (QED) is 0.934. The predicted molar refractivity (Wildman–Crippen MR) is 84.1 cm³/mol. The molecule has 1 N–H and O–H groups in total. The predicted octanol–water partition coefficient (Wildman–Crippen LogP) is 3.48. The number of hydrogen-bond acceptors (Lipinski definition) is 3. The van der Waals surface area contributed by atoms with E-state index in [9.17, 15) is 0 Å². The molecule has 2 aromatic rings. The van der Waals surface area contributed by atoms with Crippen LogP contribution in [0.2, 0.25) is 0 Å². The lowest BCUT2D eigenvalue weighted by Crippen LogP contribution is -2.22. The molecular weight excluding hydrogens is 266 g/mol. The molecule has 0 fully saturated rings. The summed E-state index contributed by atoms with van der Waals surface area (Å²) in [6.45, 7) is 8.37. The van der Waals surface area contributed by atoms with Crippen molar-refractivity contribution in [3.8, 4) is 0 Å². The van der Waals surface area contributed by atoms with Gasteiger partial charge in [0, 0.05) is 34.6 Å². The number of hydrogen-bond donors (Lipinski definition) is 1. The van der Waals surface area contributed by atoms with Crippen molar-refractivity contribution in [2.24, 2.45) is 0 Å². The molecule has 3 nitrogen and oxygen atoms in total. The molecule has 0 spiro atoms. The van der Waals surface area contributed by atoms with Gasteiger partial charge in [0.15, 0.2) is 0 Å². The van der Waals surface area contributed by atoms with Gasteiger partial charge in [-0.3, -0.25) is 4.68 Å². The molecule has 0 radical (unpaired) electrons. The average molecular weight is 289 g/mol. The van der Waals surface area contributed by atoms with Gasteiger partial charge in [0.25, 0.3) is 0 Å². The number of nitrogens with zero attached hydrogens (tertiary/aromatic N) is 2. The summed E-state index contributed by atoms with van der Waals surface area (Å²) >= 11 is 1.98. The first-order chi connectivity index (χ1) is 9.52. The first-order valence-electron chi connectivity index (χ1n) is 7.37. The van der Waals surface area contributed by atoms with Crippen molar-refractivity contribution < 1.29 is 0 Å². The van der Waals surface area contributed by atoms with Gasteiger partial charge in [0.2, 0.25) is 0 Å². The van der Waals surface area contributed by atoms with Crippen LogP contribution in [0.4, 0.5) is 0 Å². The van der Waals surface area contributed by atoms with E-state index in [1.807, 2.05) is 22.2 Å². The minimum atomic E-state index is 0.0623. The summed E-state index contributed by atoms with van der Waals surface area (Å²) in [5, 5.41) is 7.96. The summed E-state index contributed by atoms with van der Waals surface area (Å²) < 4.78 is 2.03. The Hall–Kier alpha value is -1.13. The monoisotopic (exact) mass is 289 g/mol. The molecular formula is C16H23N3S. The fraction of sp³-hybridized carbons (Fsp3) is 0.562. The maximum atomic E-state index is 4.43. The third kappa shape index (κ3) is 2.96. The highest BCUT2D eigenvalue weighted by molar-refractivity contribution is 7.12. The Morgan fingerprint density at radius 3 is 2.85 bits per heavy atom. The number of thiophene rings is 1. The van der Waals surface area contributed by atoms with Gasteiger partial charge in [0.1, 0.15) is 0 Å². The lowest BCUT2D eigenvalue weighted by molar-refractivity contribution is 0.355. The normalized spacial score (nSPS) is 14.8. The molecule has 0 saturated heterocycles. The second-order valence-corrected chi connectivity index (χ2v) is 7.80. The van der Waals surface area contributed by atoms with Crippen LogP contribution >= 0.6 is 11.3 Å². The molecule has 1 aliphatic carbocycles. The molecule has 0 saturated carbocycles. The third-order valence-corrected chi connectivity index (χ3v) is 4.99. The summed E-state index contributed by atoms with van der Waals surface area (Å²) in [6, 6.07) is 2.39. The van der Waals surface area contributed by atoms with Crippen LogP contribution in [0.25, 0.3) is 0 Å². The Bertz CT molecular complexity index is 568. The second kappa shape index (κ2) is 5.34. The lowest BCUT2D eigenvalue weighted by atomic mass is 10.1. The van der Waals surface area contributed by atoms with Gasteiger partial charge in [0.05, 0.1) is 11.7 Å². The lowest BCUT2D eigenvalue weighted by Gasteiger charge is -2.18. The molecule has 108 valence electrons. The van der Waals surface area contributed by atoms with Crippen molar-refractivity contribution in [3.05, 3.63) is 39.3 Å². The van der Waals surface area contributed by atoms with Crippen LogP contribution in [0.5, 0.6) is 0 Å². The van der Waals surface area contributed by atoms with Gasteiger partial charge in [-0.2, -0.15) is 5.10 Å². The van der Waals surface area contributed by atoms with Crippen molar-refractivity contribution >= 4 is 11.3 Å². The Balaban J connectivity index is 1.53. The van der Waals surface area contributed by atoms with Crippen molar-refractivity contribution in [2.75, 3.05) is 0 Å². The van der Waals surface area contributed by atoms with E-state index in [1.54, 1.807) is 10.4 Å². The van der Waals surface area contributed by atoms with Crippen LogP contribution < -0.4 is 5.32 Å². The maximum Gasteiger partial charge on any atom is 0.0543 e. The van der Waals surface area contributed by atoms with Crippen LogP contribution in [0.3, 0.4) is 0 Å². The molecule has 2 heterocycles. The largest absolute Gasteiger partial charge is 0.308 e. The van der Waals surface area contributed by atoms with E-state index < -0.39 is 0 Å². The van der Waals surface area contributed by atoms with E-state index in [2.05, 4.69) is 43.4 Å². The number of fused-ring (bicyclic) bond motifs is 1. The molecule has 0 amide bonds. The van der Waals surface area contributed by atoms with Crippen molar-refractivity contribution in [3.63, 3.8) is 0 Å². The SMILES string of the molecule is CC(C)(C)n1cc(CNCc2cc3c(s2)CCC3)cn1. The van der Waals surface area contributed by atoms with E-state index in [-0.39, 0.29) is 5.54 Å². The minimum Gasteiger partial charge on any atom is -0.308 e. The summed E-state index contributed by atoms with van der Waals surface area (Å²) in [4.78, 5) is 3.08. The third-order valence-electron chi connectivity index (χ3n) is 3.75. The smallest absolute Gasteiger partial charge is 0.0543 e. The molecule has 2 aromatic heterocycles. The van der Waals surface area contributed by atoms with Gasteiger partial charge >= 0.3 is 0 Å². The first kappa shape index (κ1) is 13.8. The zero-order chi connectivity index (χ0) is 14.2. The zero-order valence-electron chi connectivity index (χ0n) is 12.6. The molecule has 20 heavy (non-hydrogen) atoms. The van der Waals surface area contributed by atoms with Gasteiger partial charge in [-0.05, 0) is 51.7 Å². The number of rotatable bonds is 4. The fourth-order valence-corrected chi connectivity index (χ4v) is 3.86. The van der Waals surface area contributed by atoms with Crippen LogP contribution in [-0.4, -0.2) is 9.78 Å². The highest BCUT2D eigenvalue weighted by Gasteiger charge is 2.15. The molecule has 4 heteroatoms. The molecule has 0 aromatic carbocycles. The van der Waals surface area contributed by atoms with Gasteiger partial charge in [-0.25, -0.2) is 0 Å². The Labute approximate surface area is 125 Å². The van der Waals surface area contributed by atoms with Crippen LogP contribution in [0.1, 0.15) is 48.1 Å². The maximum absolute atomic E-state index is 4.43. The molecule has 0 unspecified atom stereocenters. The van der Waals surface area contributed by atoms with Gasteiger partial charge in [-0.1, -0.05) is 0 Å². The Morgan fingerprint density at radius 2 is 2.15 bits per heavy atom. The van der Waals surface area contributed by atoms with Crippen molar-refractivity contribution in [2.45, 2.75) is 58.7 Å². The van der Waals surface area contributed by atoms with E-state index in [1.165, 1.54) is 29.7 Å². The summed E-state index contributed by atoms with van der Waals surface area (Å²) in [7, 11) is 0. The number of aryl methyl sites for hydroxylation is 2. The average Bonchev–Trinajstić information content (AvgIpc) is 3.01. The van der Waals surface area contributed by atoms with Crippen molar-refractivity contribution in [1.29, 1.82) is 0 Å². The summed E-state index contributed by atoms with van der Waals surface area (Å²) in [6.07, 6.45) is 8.03. The van der Waals surface area contributed by atoms with E-state index in [0.29, 0.717) is 0 Å². The standard InChI is InChI=1S/C16H23N3S/c1-16(2,3)19-11-12(9-18-19)8-17-10-14-7-13-5-4-6-15(13)20-14/h7,9,11,17H,4-6,8,10H2,1-3H3. The second-order valence-electron chi connectivity index (χ2n) is 6.58.